The summed E-state index contributed by atoms with van der Waals surface area (Å²) in [5, 5.41) is 15.3. The van der Waals surface area contributed by atoms with Gasteiger partial charge < -0.3 is 0 Å². The summed E-state index contributed by atoms with van der Waals surface area (Å²) >= 11 is 0. The predicted molar refractivity (Wildman–Crippen MR) is 220 cm³/mol. The minimum atomic E-state index is 0.0836. The van der Waals surface area contributed by atoms with Crippen molar-refractivity contribution in [3.8, 4) is 22.3 Å². The van der Waals surface area contributed by atoms with Crippen molar-refractivity contribution in [3.05, 3.63) is 157 Å². The van der Waals surface area contributed by atoms with Gasteiger partial charge in [0.1, 0.15) is 0 Å². The average Bonchev–Trinajstić information content (AvgIpc) is 3.10. The highest BCUT2D eigenvalue weighted by Crippen LogP contribution is 2.47. The van der Waals surface area contributed by atoms with E-state index in [1.807, 2.05) is 0 Å². The van der Waals surface area contributed by atoms with Crippen LogP contribution in [0, 0.1) is 0 Å². The molecule has 0 radical (unpaired) electrons. The molecular weight excluding hydrogens is 601 g/mol. The molecule has 0 nitrogen and oxygen atoms in total. The largest absolute Gasteiger partial charge is 0.0616 e. The summed E-state index contributed by atoms with van der Waals surface area (Å²) in [6, 6.07) is 55.5. The van der Waals surface area contributed by atoms with Gasteiger partial charge in [-0.3, -0.25) is 0 Å². The van der Waals surface area contributed by atoms with Crippen LogP contribution < -0.4 is 0 Å². The minimum absolute atomic E-state index is 0.0836. The van der Waals surface area contributed by atoms with Gasteiger partial charge in [0.05, 0.1) is 0 Å². The molecule has 0 fully saturated rings. The van der Waals surface area contributed by atoms with Crippen molar-refractivity contribution in [1.29, 1.82) is 0 Å². The second-order valence-electron chi connectivity index (χ2n) is 16.3. The van der Waals surface area contributed by atoms with Gasteiger partial charge in [0.25, 0.3) is 0 Å². The third-order valence-electron chi connectivity index (χ3n) is 10.8. The summed E-state index contributed by atoms with van der Waals surface area (Å²) in [5.41, 5.74) is 7.97. The van der Waals surface area contributed by atoms with E-state index in [-0.39, 0.29) is 10.8 Å². The van der Waals surface area contributed by atoms with Crippen LogP contribution in [0.15, 0.2) is 146 Å². The Morgan fingerprint density at radius 1 is 0.280 bits per heavy atom. The number of rotatable bonds is 2. The molecule has 9 aromatic rings. The molecule has 0 bridgehead atoms. The first-order valence-corrected chi connectivity index (χ1v) is 17.9. The predicted octanol–water partition coefficient (Wildman–Crippen LogP) is 14.5. The third kappa shape index (κ3) is 5.05. The quantitative estimate of drug-likeness (QED) is 0.165. The van der Waals surface area contributed by atoms with Crippen molar-refractivity contribution in [1.82, 2.24) is 0 Å². The van der Waals surface area contributed by atoms with Gasteiger partial charge >= 0.3 is 0 Å². The van der Waals surface area contributed by atoms with Gasteiger partial charge in [-0.15, -0.1) is 0 Å². The molecule has 0 atom stereocenters. The van der Waals surface area contributed by atoms with Crippen molar-refractivity contribution in [3.63, 3.8) is 0 Å². The van der Waals surface area contributed by atoms with Gasteiger partial charge in [-0.1, -0.05) is 139 Å². The summed E-state index contributed by atoms with van der Waals surface area (Å²) in [7, 11) is 0. The highest BCUT2D eigenvalue weighted by atomic mass is 14.2. The normalized spacial score (nSPS) is 12.6. The fraction of sp³-hybridized carbons (Fsp3) is 0.160. The topological polar surface area (TPSA) is 0 Å². The Labute approximate surface area is 295 Å². The third-order valence-corrected chi connectivity index (χ3v) is 10.8. The van der Waals surface area contributed by atoms with Crippen LogP contribution in [-0.4, -0.2) is 0 Å². The van der Waals surface area contributed by atoms with Crippen molar-refractivity contribution < 1.29 is 0 Å². The molecule has 0 aliphatic rings. The van der Waals surface area contributed by atoms with Crippen molar-refractivity contribution in [2.75, 3.05) is 0 Å². The van der Waals surface area contributed by atoms with E-state index in [2.05, 4.69) is 187 Å². The summed E-state index contributed by atoms with van der Waals surface area (Å²) < 4.78 is 0. The van der Waals surface area contributed by atoms with Crippen LogP contribution >= 0.6 is 0 Å². The Morgan fingerprint density at radius 2 is 0.540 bits per heavy atom. The molecule has 0 unspecified atom stereocenters. The number of hydrogen-bond donors (Lipinski definition) is 0. The van der Waals surface area contributed by atoms with E-state index in [9.17, 15) is 0 Å². The summed E-state index contributed by atoms with van der Waals surface area (Å²) in [4.78, 5) is 0. The molecule has 9 rings (SSSR count). The molecule has 0 saturated heterocycles. The minimum Gasteiger partial charge on any atom is -0.0616 e. The van der Waals surface area contributed by atoms with Crippen molar-refractivity contribution in [2.45, 2.75) is 52.4 Å². The zero-order chi connectivity index (χ0) is 34.4. The molecule has 0 aliphatic heterocycles. The second-order valence-corrected chi connectivity index (χ2v) is 16.3. The molecule has 0 heteroatoms. The van der Waals surface area contributed by atoms with E-state index >= 15 is 0 Å². The highest BCUT2D eigenvalue weighted by molar-refractivity contribution is 6.26. The Kier molecular flexibility index (Phi) is 6.74. The van der Waals surface area contributed by atoms with Crippen molar-refractivity contribution >= 4 is 64.6 Å². The number of hydrogen-bond acceptors (Lipinski definition) is 0. The van der Waals surface area contributed by atoms with Gasteiger partial charge in [0.2, 0.25) is 0 Å². The Hall–Kier alpha value is -5.46. The maximum Gasteiger partial charge on any atom is -0.00259 e. The SMILES string of the molecule is CC(C)(C)c1ccc(-c2c3cc4cc5ccccc5cc4cc3c(-c3ccc(C(C)(C)C)cc3)c3cc4cc5ccccc5cc4cc23)cc1. The Morgan fingerprint density at radius 3 is 0.780 bits per heavy atom. The molecular formula is C50H42. The zero-order valence-corrected chi connectivity index (χ0v) is 29.9. The van der Waals surface area contributed by atoms with Gasteiger partial charge in [-0.25, -0.2) is 0 Å². The molecule has 0 saturated carbocycles. The van der Waals surface area contributed by atoms with Crippen LogP contribution in [0.5, 0.6) is 0 Å². The lowest BCUT2D eigenvalue weighted by atomic mass is 9.81. The number of fused-ring (bicyclic) bond motifs is 6. The highest BCUT2D eigenvalue weighted by Gasteiger charge is 2.21. The Bertz CT molecular complexity index is 2450. The summed E-state index contributed by atoms with van der Waals surface area (Å²) in [6.07, 6.45) is 0. The molecule has 0 aliphatic carbocycles. The van der Waals surface area contributed by atoms with E-state index in [1.54, 1.807) is 0 Å². The molecule has 50 heavy (non-hydrogen) atoms. The van der Waals surface area contributed by atoms with Crippen LogP contribution in [0.2, 0.25) is 0 Å². The molecule has 0 N–H and O–H groups in total. The standard InChI is InChI=1S/C50H42/c1-49(2,3)41-19-15-31(16-20-41)47-43-27-37-23-33-11-7-9-13-35(33)25-39(37)29-45(43)48(32-17-21-42(22-18-32)50(4,5)6)46-30-40-26-36-14-10-8-12-34(36)24-38(40)28-44(46)47/h7-30H,1-6H3. The van der Waals surface area contributed by atoms with E-state index in [4.69, 9.17) is 0 Å². The lowest BCUT2D eigenvalue weighted by Gasteiger charge is -2.22. The molecule has 0 heterocycles. The van der Waals surface area contributed by atoms with Gasteiger partial charge in [-0.05, 0) is 157 Å². The first-order valence-electron chi connectivity index (χ1n) is 17.9. The molecule has 0 amide bonds. The first kappa shape index (κ1) is 30.6. The van der Waals surface area contributed by atoms with Crippen molar-refractivity contribution in [2.24, 2.45) is 0 Å². The van der Waals surface area contributed by atoms with Gasteiger partial charge in [-0.2, -0.15) is 0 Å². The lowest BCUT2D eigenvalue weighted by molar-refractivity contribution is 0.590. The van der Waals surface area contributed by atoms with Crippen LogP contribution in [0.4, 0.5) is 0 Å². The maximum absolute atomic E-state index is 2.46. The van der Waals surface area contributed by atoms with Crippen LogP contribution in [0.3, 0.4) is 0 Å². The van der Waals surface area contributed by atoms with E-state index in [0.29, 0.717) is 0 Å². The van der Waals surface area contributed by atoms with Crippen LogP contribution in [0.25, 0.3) is 86.9 Å². The monoisotopic (exact) mass is 642 g/mol. The van der Waals surface area contributed by atoms with Crippen LogP contribution in [0.1, 0.15) is 52.7 Å². The second kappa shape index (κ2) is 11.0. The van der Waals surface area contributed by atoms with E-state index in [0.717, 1.165) is 0 Å². The fourth-order valence-electron chi connectivity index (χ4n) is 8.00. The summed E-state index contributed by atoms with van der Waals surface area (Å²) in [6.45, 7) is 13.7. The zero-order valence-electron chi connectivity index (χ0n) is 29.9. The number of benzene rings is 9. The average molecular weight is 643 g/mol. The molecule has 9 aromatic carbocycles. The molecule has 242 valence electrons. The maximum atomic E-state index is 2.46. The lowest BCUT2D eigenvalue weighted by Crippen LogP contribution is -2.10. The van der Waals surface area contributed by atoms with Gasteiger partial charge in [0.15, 0.2) is 0 Å². The van der Waals surface area contributed by atoms with Gasteiger partial charge in [0, 0.05) is 0 Å². The van der Waals surface area contributed by atoms with Crippen LogP contribution in [-0.2, 0) is 10.8 Å². The Balaban J connectivity index is 1.47. The first-order chi connectivity index (χ1) is 24.0. The molecule has 0 spiro atoms. The van der Waals surface area contributed by atoms with E-state index < -0.39 is 0 Å². The van der Waals surface area contributed by atoms with E-state index in [1.165, 1.54) is 98.0 Å². The smallest absolute Gasteiger partial charge is 0.00259 e. The molecule has 0 aromatic heterocycles. The summed E-state index contributed by atoms with van der Waals surface area (Å²) in [5.74, 6) is 0. The fourth-order valence-corrected chi connectivity index (χ4v) is 8.00.